The van der Waals surface area contributed by atoms with Crippen LogP contribution in [0.3, 0.4) is 0 Å². The monoisotopic (exact) mass is 141 g/mol. The van der Waals surface area contributed by atoms with E-state index >= 15 is 0 Å². The Balaban J connectivity index is 2.43. The van der Waals surface area contributed by atoms with E-state index in [0.29, 0.717) is 0 Å². The van der Waals surface area contributed by atoms with Gasteiger partial charge in [-0.1, -0.05) is 6.08 Å². The maximum atomic E-state index is 10.9. The highest BCUT2D eigenvalue weighted by atomic mass is 16.5. The normalized spacial score (nSPS) is 27.7. The van der Waals surface area contributed by atoms with Crippen molar-refractivity contribution < 1.29 is 14.6 Å². The third kappa shape index (κ3) is 1.36. The average molecular weight is 141 g/mol. The molecule has 55 valence electrons. The Morgan fingerprint density at radius 1 is 1.80 bits per heavy atom. The number of esters is 1. The predicted octanol–water partition coefficient (Wildman–Crippen LogP) is 0.535. The van der Waals surface area contributed by atoms with Gasteiger partial charge in [0, 0.05) is 5.92 Å². The lowest BCUT2D eigenvalue weighted by molar-refractivity contribution is -0.137. The van der Waals surface area contributed by atoms with Crippen molar-refractivity contribution >= 4 is 5.97 Å². The first-order chi connectivity index (χ1) is 4.74. The molecular weight excluding hydrogens is 132 g/mol. The molecule has 1 aliphatic heterocycles. The summed E-state index contributed by atoms with van der Waals surface area (Å²) >= 11 is 0. The Bertz CT molecular complexity index is 153. The van der Waals surface area contributed by atoms with E-state index < -0.39 is 6.10 Å². The Hall–Kier alpha value is -0.830. The molecule has 1 radical (unpaired) electrons. The Morgan fingerprint density at radius 3 is 2.90 bits per heavy atom. The minimum Gasteiger partial charge on any atom is -0.465 e. The molecular formula is C7H9O3. The SMILES string of the molecule is C=CC([O])C1COC(=O)C1. The zero-order valence-corrected chi connectivity index (χ0v) is 5.58. The summed E-state index contributed by atoms with van der Waals surface area (Å²) in [7, 11) is 0. The first-order valence-electron chi connectivity index (χ1n) is 3.18. The number of hydrogen-bond donors (Lipinski definition) is 0. The molecule has 0 aromatic carbocycles. The van der Waals surface area contributed by atoms with E-state index in [4.69, 9.17) is 0 Å². The van der Waals surface area contributed by atoms with Gasteiger partial charge >= 0.3 is 5.97 Å². The molecule has 0 bridgehead atoms. The van der Waals surface area contributed by atoms with Crippen molar-refractivity contribution in [3.8, 4) is 0 Å². The molecule has 1 saturated heterocycles. The summed E-state index contributed by atoms with van der Waals surface area (Å²) < 4.78 is 4.60. The van der Waals surface area contributed by atoms with Crippen LogP contribution < -0.4 is 0 Å². The summed E-state index contributed by atoms with van der Waals surface area (Å²) in [6, 6.07) is 0. The van der Waals surface area contributed by atoms with Crippen LogP contribution in [0.1, 0.15) is 6.42 Å². The third-order valence-electron chi connectivity index (χ3n) is 1.58. The van der Waals surface area contributed by atoms with Gasteiger partial charge in [-0.15, -0.1) is 6.58 Å². The Morgan fingerprint density at radius 2 is 2.50 bits per heavy atom. The minimum atomic E-state index is -0.855. The second-order valence-electron chi connectivity index (χ2n) is 2.35. The van der Waals surface area contributed by atoms with Crippen molar-refractivity contribution in [2.24, 2.45) is 5.92 Å². The van der Waals surface area contributed by atoms with Gasteiger partial charge in [0.15, 0.2) is 0 Å². The zero-order chi connectivity index (χ0) is 7.56. The molecule has 0 saturated carbocycles. The maximum absolute atomic E-state index is 10.9. The number of carbonyl (C=O) groups is 1. The van der Waals surface area contributed by atoms with Crippen LogP contribution in [-0.4, -0.2) is 18.7 Å². The molecule has 1 rings (SSSR count). The molecule has 0 aromatic rings. The second kappa shape index (κ2) is 2.84. The summed E-state index contributed by atoms with van der Waals surface area (Å²) in [5.74, 6) is -0.460. The van der Waals surface area contributed by atoms with Crippen LogP contribution in [0.5, 0.6) is 0 Å². The number of rotatable bonds is 2. The van der Waals surface area contributed by atoms with Crippen molar-refractivity contribution in [1.29, 1.82) is 0 Å². The predicted molar refractivity (Wildman–Crippen MR) is 33.7 cm³/mol. The van der Waals surface area contributed by atoms with Crippen LogP contribution in [0.25, 0.3) is 0 Å². The summed E-state index contributed by atoms with van der Waals surface area (Å²) in [4.78, 5) is 10.5. The van der Waals surface area contributed by atoms with Gasteiger partial charge in [0.2, 0.25) is 0 Å². The lowest BCUT2D eigenvalue weighted by Gasteiger charge is -2.05. The summed E-state index contributed by atoms with van der Waals surface area (Å²) in [5.41, 5.74) is 0. The highest BCUT2D eigenvalue weighted by Crippen LogP contribution is 2.18. The van der Waals surface area contributed by atoms with Crippen molar-refractivity contribution in [2.45, 2.75) is 12.5 Å². The largest absolute Gasteiger partial charge is 0.465 e. The molecule has 0 spiro atoms. The summed E-state index contributed by atoms with van der Waals surface area (Å²) in [6.07, 6.45) is 0.707. The fraction of sp³-hybridized carbons (Fsp3) is 0.571. The highest BCUT2D eigenvalue weighted by Gasteiger charge is 2.29. The topological polar surface area (TPSA) is 46.2 Å². The minimum absolute atomic E-state index is 0.190. The van der Waals surface area contributed by atoms with Crippen molar-refractivity contribution in [3.05, 3.63) is 12.7 Å². The first kappa shape index (κ1) is 7.28. The molecule has 0 aliphatic carbocycles. The molecule has 3 nitrogen and oxygen atoms in total. The van der Waals surface area contributed by atoms with E-state index in [1.807, 2.05) is 0 Å². The first-order valence-corrected chi connectivity index (χ1v) is 3.18. The standard InChI is InChI=1S/C7H9O3/c1-2-6(8)5-3-7(9)10-4-5/h2,5-6H,1,3-4H2. The number of cyclic esters (lactones) is 1. The van der Waals surface area contributed by atoms with Gasteiger partial charge in [-0.3, -0.25) is 4.79 Å². The van der Waals surface area contributed by atoms with E-state index in [9.17, 15) is 9.90 Å². The molecule has 1 heterocycles. The number of carbonyl (C=O) groups excluding carboxylic acids is 1. The number of ether oxygens (including phenoxy) is 1. The van der Waals surface area contributed by atoms with Crippen molar-refractivity contribution in [1.82, 2.24) is 0 Å². The van der Waals surface area contributed by atoms with Crippen LogP contribution in [-0.2, 0) is 14.6 Å². The molecule has 10 heavy (non-hydrogen) atoms. The highest BCUT2D eigenvalue weighted by molar-refractivity contribution is 5.71. The second-order valence-corrected chi connectivity index (χ2v) is 2.35. The van der Waals surface area contributed by atoms with Gasteiger partial charge in [0.05, 0.1) is 13.0 Å². The van der Waals surface area contributed by atoms with Crippen molar-refractivity contribution in [2.75, 3.05) is 6.61 Å². The van der Waals surface area contributed by atoms with Crippen LogP contribution >= 0.6 is 0 Å². The summed E-state index contributed by atoms with van der Waals surface area (Å²) in [5, 5.41) is 10.9. The molecule has 0 aromatic heterocycles. The van der Waals surface area contributed by atoms with Gasteiger partial charge in [-0.2, -0.15) is 0 Å². The van der Waals surface area contributed by atoms with Gasteiger partial charge in [-0.05, 0) is 0 Å². The summed E-state index contributed by atoms with van der Waals surface area (Å²) in [6.45, 7) is 3.61. The smallest absolute Gasteiger partial charge is 0.306 e. The molecule has 1 fully saturated rings. The maximum Gasteiger partial charge on any atom is 0.306 e. The van der Waals surface area contributed by atoms with Crippen LogP contribution in [0.15, 0.2) is 12.7 Å². The molecule has 3 heteroatoms. The molecule has 1 aliphatic rings. The van der Waals surface area contributed by atoms with Gasteiger partial charge in [0.25, 0.3) is 0 Å². The van der Waals surface area contributed by atoms with Gasteiger partial charge in [0.1, 0.15) is 6.10 Å². The fourth-order valence-corrected chi connectivity index (χ4v) is 0.935. The Labute approximate surface area is 59.3 Å². The Kier molecular flexibility index (Phi) is 2.06. The number of hydrogen-bond acceptors (Lipinski definition) is 2. The van der Waals surface area contributed by atoms with E-state index in [2.05, 4.69) is 11.3 Å². The molecule has 2 atom stereocenters. The molecule has 0 amide bonds. The van der Waals surface area contributed by atoms with E-state index in [-0.39, 0.29) is 24.9 Å². The quantitative estimate of drug-likeness (QED) is 0.416. The lowest BCUT2D eigenvalue weighted by Crippen LogP contribution is -2.15. The van der Waals surface area contributed by atoms with Crippen LogP contribution in [0.4, 0.5) is 0 Å². The van der Waals surface area contributed by atoms with Crippen LogP contribution in [0.2, 0.25) is 0 Å². The molecule has 0 N–H and O–H groups in total. The van der Waals surface area contributed by atoms with E-state index in [1.165, 1.54) is 6.08 Å². The van der Waals surface area contributed by atoms with E-state index in [0.717, 1.165) is 0 Å². The van der Waals surface area contributed by atoms with Crippen LogP contribution in [0, 0.1) is 5.92 Å². The van der Waals surface area contributed by atoms with Crippen molar-refractivity contribution in [3.63, 3.8) is 0 Å². The molecule has 2 unspecified atom stereocenters. The van der Waals surface area contributed by atoms with E-state index in [1.54, 1.807) is 0 Å². The average Bonchev–Trinajstić information content (AvgIpc) is 2.34. The van der Waals surface area contributed by atoms with Gasteiger partial charge in [-0.25, -0.2) is 5.11 Å². The third-order valence-corrected chi connectivity index (χ3v) is 1.58. The fourth-order valence-electron chi connectivity index (χ4n) is 0.935. The lowest BCUT2D eigenvalue weighted by atomic mass is 10.0. The van der Waals surface area contributed by atoms with Gasteiger partial charge < -0.3 is 4.74 Å². The zero-order valence-electron chi connectivity index (χ0n) is 5.58.